The van der Waals surface area contributed by atoms with Crippen LogP contribution in [-0.2, 0) is 16.6 Å². The maximum atomic E-state index is 12.8. The number of carbonyl (C=O) groups excluding carboxylic acids is 2. The van der Waals surface area contributed by atoms with E-state index >= 15 is 0 Å². The highest BCUT2D eigenvalue weighted by Crippen LogP contribution is 2.36. The van der Waals surface area contributed by atoms with Gasteiger partial charge in [0.05, 0.1) is 16.9 Å². The van der Waals surface area contributed by atoms with Crippen molar-refractivity contribution in [1.82, 2.24) is 9.47 Å². The van der Waals surface area contributed by atoms with Crippen molar-refractivity contribution in [1.29, 1.82) is 0 Å². The van der Waals surface area contributed by atoms with E-state index in [4.69, 9.17) is 12.2 Å². The van der Waals surface area contributed by atoms with Crippen molar-refractivity contribution in [3.63, 3.8) is 0 Å². The number of carbonyl (C=O) groups is 2. The van der Waals surface area contributed by atoms with Gasteiger partial charge in [-0.15, -0.1) is 0 Å². The Morgan fingerprint density at radius 2 is 2.04 bits per heavy atom. The van der Waals surface area contributed by atoms with Crippen LogP contribution < -0.4 is 5.11 Å². The lowest BCUT2D eigenvalue weighted by molar-refractivity contribution is -0.310. The van der Waals surface area contributed by atoms with Crippen molar-refractivity contribution >= 4 is 57.2 Å². The Hall–Kier alpha value is -2.12. The summed E-state index contributed by atoms with van der Waals surface area (Å²) in [5.74, 6) is -1.55. The van der Waals surface area contributed by atoms with Crippen LogP contribution in [0.2, 0.25) is 0 Å². The van der Waals surface area contributed by atoms with Crippen LogP contribution in [0.25, 0.3) is 17.0 Å². The fraction of sp³-hybridized carbons (Fsp3) is 0.316. The predicted octanol–water partition coefficient (Wildman–Crippen LogP) is 2.54. The number of para-hydroxylation sites is 1. The third-order valence-electron chi connectivity index (χ3n) is 4.32. The summed E-state index contributed by atoms with van der Waals surface area (Å²) in [6, 6.07) is 6.86. The molecular weight excluding hydrogens is 368 g/mol. The molecule has 3 rings (SSSR count). The number of thioether (sulfide) groups is 1. The van der Waals surface area contributed by atoms with Crippen LogP contribution in [0.3, 0.4) is 0 Å². The van der Waals surface area contributed by atoms with Gasteiger partial charge in [-0.1, -0.05) is 56.0 Å². The number of carboxylic acid groups (broad SMARTS) is 1. The third kappa shape index (κ3) is 3.41. The van der Waals surface area contributed by atoms with E-state index in [-0.39, 0.29) is 16.1 Å². The highest BCUT2D eigenvalue weighted by molar-refractivity contribution is 8.26. The summed E-state index contributed by atoms with van der Waals surface area (Å²) in [6.07, 6.45) is 4.03. The summed E-state index contributed by atoms with van der Waals surface area (Å²) in [5.41, 5.74) is 1.96. The molecule has 0 N–H and O–H groups in total. The number of fused-ring (bicyclic) bond motifs is 1. The lowest BCUT2D eigenvalue weighted by Crippen LogP contribution is -2.50. The normalized spacial score (nSPS) is 17.7. The van der Waals surface area contributed by atoms with Crippen molar-refractivity contribution in [2.75, 3.05) is 0 Å². The van der Waals surface area contributed by atoms with Gasteiger partial charge in [0.15, 0.2) is 0 Å². The molecule has 0 aliphatic carbocycles. The molecule has 7 heteroatoms. The maximum Gasteiger partial charge on any atom is 0.266 e. The second kappa shape index (κ2) is 7.25. The number of aromatic nitrogens is 1. The molecular formula is C19H19N2O3S2-. The van der Waals surface area contributed by atoms with Gasteiger partial charge < -0.3 is 14.5 Å². The van der Waals surface area contributed by atoms with Crippen molar-refractivity contribution in [2.45, 2.75) is 26.3 Å². The molecule has 136 valence electrons. The first kappa shape index (κ1) is 18.7. The van der Waals surface area contributed by atoms with Crippen LogP contribution in [0.5, 0.6) is 0 Å². The second-order valence-electron chi connectivity index (χ2n) is 6.73. The Bertz CT molecular complexity index is 930. The van der Waals surface area contributed by atoms with E-state index in [0.29, 0.717) is 11.3 Å². The quantitative estimate of drug-likeness (QED) is 0.583. The van der Waals surface area contributed by atoms with Crippen LogP contribution in [0.1, 0.15) is 25.8 Å². The highest BCUT2D eigenvalue weighted by atomic mass is 32.2. The van der Waals surface area contributed by atoms with E-state index in [1.807, 2.05) is 55.9 Å². The smallest absolute Gasteiger partial charge is 0.266 e. The van der Waals surface area contributed by atoms with Gasteiger partial charge in [-0.2, -0.15) is 0 Å². The van der Waals surface area contributed by atoms with Gasteiger partial charge in [0.2, 0.25) is 0 Å². The van der Waals surface area contributed by atoms with Gasteiger partial charge in [0, 0.05) is 29.7 Å². The number of rotatable bonds is 5. The molecule has 0 radical (unpaired) electrons. The van der Waals surface area contributed by atoms with E-state index in [1.165, 1.54) is 4.90 Å². The van der Waals surface area contributed by atoms with E-state index < -0.39 is 12.0 Å². The first-order valence-electron chi connectivity index (χ1n) is 8.31. The number of thiocarbonyl (C=S) groups is 1. The molecule has 0 unspecified atom stereocenters. The fourth-order valence-electron chi connectivity index (χ4n) is 3.13. The van der Waals surface area contributed by atoms with E-state index in [0.717, 1.165) is 28.2 Å². The van der Waals surface area contributed by atoms with E-state index in [1.54, 1.807) is 6.08 Å². The number of hydrogen-bond acceptors (Lipinski definition) is 5. The second-order valence-corrected chi connectivity index (χ2v) is 8.40. The minimum atomic E-state index is -1.28. The summed E-state index contributed by atoms with van der Waals surface area (Å²) < 4.78 is 2.25. The molecule has 0 spiro atoms. The lowest BCUT2D eigenvalue weighted by Gasteiger charge is -2.28. The SMILES string of the molecule is CC(C)C[C@@H](C(=O)[O-])N1C(=O)/C(=C/c2cn(C)c3ccccc23)SC1=S. The zero-order chi connectivity index (χ0) is 19.0. The van der Waals surface area contributed by atoms with E-state index in [9.17, 15) is 14.7 Å². The molecule has 1 aliphatic rings. The standard InChI is InChI=1S/C19H20N2O3S2/c1-11(2)8-15(18(23)24)21-17(22)16(26-19(21)25)9-12-10-20(3)14-7-5-4-6-13(12)14/h4-7,9-11,15H,8H2,1-3H3,(H,23,24)/p-1/b16-9-/t15-/m0/s1. The van der Waals surface area contributed by atoms with E-state index in [2.05, 4.69) is 0 Å². The van der Waals surface area contributed by atoms with Gasteiger partial charge >= 0.3 is 0 Å². The van der Waals surface area contributed by atoms with Gasteiger partial charge in [-0.3, -0.25) is 9.69 Å². The molecule has 2 aromatic rings. The molecule has 5 nitrogen and oxygen atoms in total. The maximum absolute atomic E-state index is 12.8. The number of carboxylic acids is 1. The molecule has 0 bridgehead atoms. The van der Waals surface area contributed by atoms with Crippen LogP contribution in [0, 0.1) is 5.92 Å². The number of aryl methyl sites for hydroxylation is 1. The molecule has 0 saturated carbocycles. The molecule has 1 aliphatic heterocycles. The van der Waals surface area contributed by atoms with Crippen molar-refractivity contribution in [3.8, 4) is 0 Å². The number of benzene rings is 1. The number of amides is 1. The minimum absolute atomic E-state index is 0.101. The van der Waals surface area contributed by atoms with Crippen LogP contribution >= 0.6 is 24.0 Å². The Kier molecular flexibility index (Phi) is 5.20. The molecule has 1 amide bonds. The molecule has 1 fully saturated rings. The predicted molar refractivity (Wildman–Crippen MR) is 106 cm³/mol. The summed E-state index contributed by atoms with van der Waals surface area (Å²) in [6.45, 7) is 3.80. The Balaban J connectivity index is 1.97. The first-order chi connectivity index (χ1) is 12.3. The largest absolute Gasteiger partial charge is 0.548 e. The zero-order valence-electron chi connectivity index (χ0n) is 14.8. The monoisotopic (exact) mass is 387 g/mol. The Morgan fingerprint density at radius 1 is 1.35 bits per heavy atom. The summed E-state index contributed by atoms with van der Waals surface area (Å²) >= 11 is 6.43. The van der Waals surface area contributed by atoms with Gasteiger partial charge in [-0.25, -0.2) is 0 Å². The van der Waals surface area contributed by atoms with Crippen molar-refractivity contribution < 1.29 is 14.7 Å². The minimum Gasteiger partial charge on any atom is -0.548 e. The first-order valence-corrected chi connectivity index (χ1v) is 9.54. The van der Waals surface area contributed by atoms with Crippen LogP contribution in [-0.4, -0.2) is 31.7 Å². The highest BCUT2D eigenvalue weighted by Gasteiger charge is 2.38. The zero-order valence-corrected chi connectivity index (χ0v) is 16.4. The van der Waals surface area contributed by atoms with Crippen molar-refractivity contribution in [3.05, 3.63) is 40.9 Å². The van der Waals surface area contributed by atoms with Crippen LogP contribution in [0.15, 0.2) is 35.4 Å². The fourth-order valence-corrected chi connectivity index (χ4v) is 4.48. The Morgan fingerprint density at radius 3 is 2.69 bits per heavy atom. The molecule has 1 aromatic carbocycles. The molecule has 2 heterocycles. The lowest BCUT2D eigenvalue weighted by atomic mass is 10.0. The molecule has 1 saturated heterocycles. The molecule has 1 aromatic heterocycles. The van der Waals surface area contributed by atoms with Gasteiger partial charge in [0.25, 0.3) is 5.91 Å². The topological polar surface area (TPSA) is 65.4 Å². The molecule has 1 atom stereocenters. The average Bonchev–Trinajstić information content (AvgIpc) is 3.03. The Labute approximate surface area is 161 Å². The van der Waals surface area contributed by atoms with Gasteiger partial charge in [0.1, 0.15) is 4.32 Å². The average molecular weight is 388 g/mol. The molecule has 26 heavy (non-hydrogen) atoms. The summed E-state index contributed by atoms with van der Waals surface area (Å²) in [4.78, 5) is 26.0. The third-order valence-corrected chi connectivity index (χ3v) is 5.65. The number of hydrogen-bond donors (Lipinski definition) is 0. The number of nitrogens with zero attached hydrogens (tertiary/aromatic N) is 2. The van der Waals surface area contributed by atoms with Crippen molar-refractivity contribution in [2.24, 2.45) is 13.0 Å². The summed E-state index contributed by atoms with van der Waals surface area (Å²) in [5, 5.41) is 12.6. The number of aliphatic carboxylic acids is 1. The van der Waals surface area contributed by atoms with Crippen LogP contribution in [0.4, 0.5) is 0 Å². The summed E-state index contributed by atoms with van der Waals surface area (Å²) in [7, 11) is 1.94. The van der Waals surface area contributed by atoms with Gasteiger partial charge in [-0.05, 0) is 24.5 Å².